The zero-order valence-electron chi connectivity index (χ0n) is 9.51. The van der Waals surface area contributed by atoms with Gasteiger partial charge in [0, 0.05) is 0 Å². The van der Waals surface area contributed by atoms with Crippen molar-refractivity contribution in [2.75, 3.05) is 5.32 Å². The summed E-state index contributed by atoms with van der Waals surface area (Å²) in [5.41, 5.74) is 2.73. The maximum absolute atomic E-state index is 11.8. The van der Waals surface area contributed by atoms with Gasteiger partial charge in [-0.15, -0.1) is 11.3 Å². The lowest BCUT2D eigenvalue weighted by Crippen LogP contribution is -2.13. The fourth-order valence-corrected chi connectivity index (χ4v) is 1.97. The van der Waals surface area contributed by atoms with Gasteiger partial charge in [0.25, 0.3) is 5.91 Å². The highest BCUT2D eigenvalue weighted by atomic mass is 32.1. The number of hydrogen-bond acceptors (Lipinski definition) is 4. The maximum Gasteiger partial charge on any atom is 0.337 e. The molecule has 0 spiro atoms. The van der Waals surface area contributed by atoms with Gasteiger partial charge in [0.1, 0.15) is 4.88 Å². The highest BCUT2D eigenvalue weighted by Gasteiger charge is 2.14. The minimum atomic E-state index is -1.07. The topological polar surface area (TPSA) is 79.3 Å². The number of rotatable bonds is 3. The molecule has 1 aromatic carbocycles. The van der Waals surface area contributed by atoms with E-state index in [0.29, 0.717) is 4.88 Å². The largest absolute Gasteiger partial charge is 0.478 e. The number of aryl methyl sites for hydroxylation is 1. The summed E-state index contributed by atoms with van der Waals surface area (Å²) in [6.07, 6.45) is 1.44. The third-order valence-electron chi connectivity index (χ3n) is 2.31. The quantitative estimate of drug-likeness (QED) is 0.890. The van der Waals surface area contributed by atoms with Crippen molar-refractivity contribution in [3.63, 3.8) is 0 Å². The molecule has 2 rings (SSSR count). The first-order valence-electron chi connectivity index (χ1n) is 5.11. The van der Waals surface area contributed by atoms with Gasteiger partial charge in [-0.2, -0.15) is 0 Å². The molecule has 1 amide bonds. The third kappa shape index (κ3) is 2.54. The van der Waals surface area contributed by atoms with Gasteiger partial charge in [-0.1, -0.05) is 11.6 Å². The van der Waals surface area contributed by atoms with Crippen molar-refractivity contribution < 1.29 is 14.7 Å². The van der Waals surface area contributed by atoms with Crippen LogP contribution in [0.2, 0.25) is 0 Å². The summed E-state index contributed by atoms with van der Waals surface area (Å²) in [7, 11) is 0. The van der Waals surface area contributed by atoms with Crippen molar-refractivity contribution in [2.45, 2.75) is 6.92 Å². The molecule has 1 heterocycles. The van der Waals surface area contributed by atoms with Gasteiger partial charge in [-0.25, -0.2) is 4.79 Å². The second kappa shape index (κ2) is 4.97. The van der Waals surface area contributed by atoms with Gasteiger partial charge in [-0.05, 0) is 19.1 Å². The van der Waals surface area contributed by atoms with E-state index in [0.717, 1.165) is 5.56 Å². The van der Waals surface area contributed by atoms with Crippen molar-refractivity contribution in [1.29, 1.82) is 0 Å². The Hall–Kier alpha value is -2.21. The average molecular weight is 262 g/mol. The van der Waals surface area contributed by atoms with E-state index in [2.05, 4.69) is 10.3 Å². The average Bonchev–Trinajstić information content (AvgIpc) is 2.84. The van der Waals surface area contributed by atoms with Crippen LogP contribution in [0.4, 0.5) is 5.69 Å². The molecule has 0 aliphatic carbocycles. The molecule has 18 heavy (non-hydrogen) atoms. The number of nitrogens with one attached hydrogen (secondary N) is 1. The van der Waals surface area contributed by atoms with E-state index < -0.39 is 5.97 Å². The standard InChI is InChI=1S/C12H10N2O3S/c1-7-2-3-9(8(4-7)12(16)17)14-11(15)10-5-13-6-18-10/h2-6H,1H3,(H,14,15)(H,16,17). The molecule has 0 atom stereocenters. The first-order chi connectivity index (χ1) is 8.58. The summed E-state index contributed by atoms with van der Waals surface area (Å²) in [5.74, 6) is -1.43. The first kappa shape index (κ1) is 12.3. The molecule has 0 fully saturated rings. The van der Waals surface area contributed by atoms with Crippen LogP contribution in [0.5, 0.6) is 0 Å². The van der Waals surface area contributed by atoms with Gasteiger partial charge in [0.2, 0.25) is 0 Å². The van der Waals surface area contributed by atoms with E-state index in [4.69, 9.17) is 5.11 Å². The van der Waals surface area contributed by atoms with Gasteiger partial charge < -0.3 is 10.4 Å². The van der Waals surface area contributed by atoms with Crippen LogP contribution in [0.15, 0.2) is 29.9 Å². The highest BCUT2D eigenvalue weighted by Crippen LogP contribution is 2.19. The SMILES string of the molecule is Cc1ccc(NC(=O)c2cncs2)c(C(=O)O)c1. The second-order valence-corrected chi connectivity index (χ2v) is 4.56. The monoisotopic (exact) mass is 262 g/mol. The summed E-state index contributed by atoms with van der Waals surface area (Å²) in [6.45, 7) is 1.79. The number of hydrogen-bond donors (Lipinski definition) is 2. The lowest BCUT2D eigenvalue weighted by atomic mass is 10.1. The van der Waals surface area contributed by atoms with Crippen molar-refractivity contribution in [3.8, 4) is 0 Å². The van der Waals surface area contributed by atoms with Crippen LogP contribution in [0.3, 0.4) is 0 Å². The molecule has 92 valence electrons. The molecule has 2 aromatic rings. The fourth-order valence-electron chi connectivity index (χ4n) is 1.46. The molecular formula is C12H10N2O3S. The Labute approximate surface area is 107 Å². The Balaban J connectivity index is 2.29. The van der Waals surface area contributed by atoms with E-state index >= 15 is 0 Å². The number of aromatic nitrogens is 1. The van der Waals surface area contributed by atoms with Crippen LogP contribution < -0.4 is 5.32 Å². The number of aromatic carboxylic acids is 1. The van der Waals surface area contributed by atoms with Crippen molar-refractivity contribution >= 4 is 28.9 Å². The predicted molar refractivity (Wildman–Crippen MR) is 68.2 cm³/mol. The van der Waals surface area contributed by atoms with E-state index in [9.17, 15) is 9.59 Å². The van der Waals surface area contributed by atoms with Gasteiger partial charge in [0.05, 0.1) is 23.0 Å². The highest BCUT2D eigenvalue weighted by molar-refractivity contribution is 7.11. The van der Waals surface area contributed by atoms with Gasteiger partial charge in [0.15, 0.2) is 0 Å². The summed E-state index contributed by atoms with van der Waals surface area (Å²) < 4.78 is 0. The zero-order chi connectivity index (χ0) is 13.1. The number of carboxylic acid groups (broad SMARTS) is 1. The molecule has 0 radical (unpaired) electrons. The Bertz CT molecular complexity index is 593. The van der Waals surface area contributed by atoms with Crippen molar-refractivity contribution in [2.24, 2.45) is 0 Å². The van der Waals surface area contributed by atoms with Crippen LogP contribution in [0.25, 0.3) is 0 Å². The number of thiazole rings is 1. The molecule has 0 bridgehead atoms. The number of carbonyl (C=O) groups is 2. The molecular weight excluding hydrogens is 252 g/mol. The van der Waals surface area contributed by atoms with Crippen LogP contribution in [-0.2, 0) is 0 Å². The van der Waals surface area contributed by atoms with E-state index in [1.807, 2.05) is 0 Å². The molecule has 0 saturated heterocycles. The first-order valence-corrected chi connectivity index (χ1v) is 5.99. The van der Waals surface area contributed by atoms with Crippen molar-refractivity contribution in [1.82, 2.24) is 4.98 Å². The number of amides is 1. The minimum Gasteiger partial charge on any atom is -0.478 e. The number of anilines is 1. The van der Waals surface area contributed by atoms with Crippen LogP contribution >= 0.6 is 11.3 Å². The van der Waals surface area contributed by atoms with E-state index in [-0.39, 0.29) is 17.2 Å². The Morgan fingerprint density at radius 3 is 2.78 bits per heavy atom. The molecule has 0 aliphatic heterocycles. The van der Waals surface area contributed by atoms with Gasteiger partial charge in [-0.3, -0.25) is 9.78 Å². The number of benzene rings is 1. The second-order valence-electron chi connectivity index (χ2n) is 3.67. The molecule has 0 saturated carbocycles. The Morgan fingerprint density at radius 1 is 1.39 bits per heavy atom. The molecule has 2 N–H and O–H groups in total. The van der Waals surface area contributed by atoms with E-state index in [1.54, 1.807) is 24.6 Å². The molecule has 0 unspecified atom stereocenters. The smallest absolute Gasteiger partial charge is 0.337 e. The van der Waals surface area contributed by atoms with Crippen molar-refractivity contribution in [3.05, 3.63) is 45.9 Å². The zero-order valence-corrected chi connectivity index (χ0v) is 10.3. The number of carbonyl (C=O) groups excluding carboxylic acids is 1. The lowest BCUT2D eigenvalue weighted by molar-refractivity contribution is 0.0698. The third-order valence-corrected chi connectivity index (χ3v) is 3.08. The molecule has 5 nitrogen and oxygen atoms in total. The Morgan fingerprint density at radius 2 is 2.17 bits per heavy atom. The van der Waals surface area contributed by atoms with E-state index in [1.165, 1.54) is 23.6 Å². The van der Waals surface area contributed by atoms with Crippen LogP contribution in [-0.4, -0.2) is 22.0 Å². The summed E-state index contributed by atoms with van der Waals surface area (Å²) in [6, 6.07) is 4.84. The van der Waals surface area contributed by atoms with Gasteiger partial charge >= 0.3 is 5.97 Å². The van der Waals surface area contributed by atoms with Crippen LogP contribution in [0, 0.1) is 6.92 Å². The summed E-state index contributed by atoms with van der Waals surface area (Å²) >= 11 is 1.20. The number of nitrogens with zero attached hydrogens (tertiary/aromatic N) is 1. The fraction of sp³-hybridized carbons (Fsp3) is 0.0833. The predicted octanol–water partition coefficient (Wildman–Crippen LogP) is 2.40. The summed E-state index contributed by atoms with van der Waals surface area (Å²) in [4.78, 5) is 27.1. The minimum absolute atomic E-state index is 0.0767. The lowest BCUT2D eigenvalue weighted by Gasteiger charge is -2.08. The van der Waals surface area contributed by atoms with Crippen LogP contribution in [0.1, 0.15) is 25.6 Å². The number of carboxylic acids is 1. The Kier molecular flexibility index (Phi) is 3.38. The molecule has 6 heteroatoms. The normalized spacial score (nSPS) is 10.1. The summed E-state index contributed by atoms with van der Waals surface area (Å²) in [5, 5.41) is 11.6. The molecule has 1 aromatic heterocycles. The molecule has 0 aliphatic rings. The maximum atomic E-state index is 11.8.